The number of primary amides is 1. The number of nitrogens with two attached hydrogens (primary N) is 3. The van der Waals surface area contributed by atoms with Gasteiger partial charge in [0.05, 0.1) is 12.1 Å². The number of halogens is 6. The van der Waals surface area contributed by atoms with Gasteiger partial charge in [-0.25, -0.2) is 24.7 Å². The fourth-order valence-corrected chi connectivity index (χ4v) is 2.14. The lowest BCUT2D eigenvalue weighted by Crippen LogP contribution is -2.46. The van der Waals surface area contributed by atoms with Crippen LogP contribution in [0.3, 0.4) is 0 Å². The number of carboxylic acid groups (broad SMARTS) is 2. The quantitative estimate of drug-likeness (QED) is 0.0393. The number of guanidine groups is 1. The van der Waals surface area contributed by atoms with Crippen molar-refractivity contribution in [2.24, 2.45) is 22.2 Å². The third kappa shape index (κ3) is 18.0. The first-order valence-electron chi connectivity index (χ1n) is 9.58. The number of carbonyl (C=O) groups excluding carboxylic acids is 2. The van der Waals surface area contributed by atoms with E-state index in [1.807, 2.05) is 0 Å². The van der Waals surface area contributed by atoms with Crippen molar-refractivity contribution in [3.63, 3.8) is 0 Å². The minimum atomic E-state index is -5.08. The number of carbonyl (C=O) groups is 4. The molecule has 37 heavy (non-hydrogen) atoms. The number of aliphatic imine (C=N–C) groups is 1. The van der Waals surface area contributed by atoms with Crippen molar-refractivity contribution in [1.29, 1.82) is 0 Å². The van der Waals surface area contributed by atoms with Gasteiger partial charge < -0.3 is 38.0 Å². The zero-order chi connectivity index (χ0) is 29.6. The van der Waals surface area contributed by atoms with Crippen LogP contribution in [0, 0.1) is 10.1 Å². The van der Waals surface area contributed by atoms with Gasteiger partial charge in [0.15, 0.2) is 5.03 Å². The van der Waals surface area contributed by atoms with E-state index in [0.29, 0.717) is 25.8 Å². The normalized spacial score (nSPS) is 18.2. The fraction of sp³-hybridized carbons (Fsp3) is 0.667. The Balaban J connectivity index is 0. The molecule has 0 aromatic heterocycles. The Bertz CT molecular complexity index is 814. The van der Waals surface area contributed by atoms with Crippen LogP contribution < -0.4 is 33.3 Å². The number of carboxylic acids is 2. The maximum Gasteiger partial charge on any atom is 0.490 e. The van der Waals surface area contributed by atoms with Gasteiger partial charge in [0, 0.05) is 19.1 Å². The molecule has 16 nitrogen and oxygen atoms in total. The fourth-order valence-electron chi connectivity index (χ4n) is 2.14. The Morgan fingerprint density at radius 3 is 1.89 bits per heavy atom. The third-order valence-corrected chi connectivity index (χ3v) is 3.80. The van der Waals surface area contributed by atoms with E-state index in [9.17, 15) is 46.0 Å². The molecule has 2 amide bonds. The standard InChI is InChI=1S/C11H22N8O4.2C2HF3O2/c12-7(2-1-3-15-11(14)18-19(22)23)10(21)17-6-4-8(9(13)20)16-5-6;2*3-2(4,5)1(6)7/h6-8,16H,1-5,12H2,(H2,13,20)(H,17,21)(H3,14,15,18);2*(H,6,7)/t6-,7-,8+;;/m0../s1. The lowest BCUT2D eigenvalue weighted by Gasteiger charge is -2.16. The van der Waals surface area contributed by atoms with Crippen LogP contribution in [0.4, 0.5) is 26.3 Å². The first-order chi connectivity index (χ1) is 16.7. The SMILES string of the molecule is NC(=O)[C@H]1C[C@H](NC(=O)[C@@H](N)CCCN=C(N)N[N+](=O)[O-])CN1.O=C(O)C(F)(F)F.O=C(O)C(F)(F)F. The topological polar surface area (TPSA) is 278 Å². The molecular formula is C15H24F6N8O8. The molecule has 0 radical (unpaired) electrons. The van der Waals surface area contributed by atoms with E-state index in [-0.39, 0.29) is 24.5 Å². The van der Waals surface area contributed by atoms with Gasteiger partial charge in [0.25, 0.3) is 5.96 Å². The molecule has 0 aromatic carbocycles. The number of hydrazine groups is 1. The Morgan fingerprint density at radius 1 is 1.08 bits per heavy atom. The summed E-state index contributed by atoms with van der Waals surface area (Å²) in [5.74, 6) is -6.60. The summed E-state index contributed by atoms with van der Waals surface area (Å²) in [4.78, 5) is 54.5. The molecular weight excluding hydrogens is 534 g/mol. The molecule has 1 rings (SSSR count). The molecule has 1 aliphatic rings. The van der Waals surface area contributed by atoms with Crippen molar-refractivity contribution >= 4 is 29.7 Å². The zero-order valence-electron chi connectivity index (χ0n) is 18.5. The monoisotopic (exact) mass is 558 g/mol. The van der Waals surface area contributed by atoms with E-state index < -0.39 is 47.3 Å². The number of hydrogen-bond donors (Lipinski definition) is 8. The van der Waals surface area contributed by atoms with Gasteiger partial charge in [-0.05, 0) is 19.3 Å². The Kier molecular flexibility index (Phi) is 15.2. The second-order valence-corrected chi connectivity index (χ2v) is 6.79. The Morgan fingerprint density at radius 2 is 1.54 bits per heavy atom. The van der Waals surface area contributed by atoms with Crippen LogP contribution in [0.5, 0.6) is 0 Å². The lowest BCUT2D eigenvalue weighted by molar-refractivity contribution is -0.525. The number of aliphatic carboxylic acids is 2. The van der Waals surface area contributed by atoms with Gasteiger partial charge in [-0.1, -0.05) is 5.43 Å². The average Bonchev–Trinajstić information content (AvgIpc) is 3.18. The second kappa shape index (κ2) is 15.9. The number of rotatable bonds is 8. The van der Waals surface area contributed by atoms with Gasteiger partial charge in [-0.2, -0.15) is 26.3 Å². The molecule has 11 N–H and O–H groups in total. The van der Waals surface area contributed by atoms with E-state index >= 15 is 0 Å². The predicted octanol–water partition coefficient (Wildman–Crippen LogP) is -2.21. The molecule has 214 valence electrons. The highest BCUT2D eigenvalue weighted by Gasteiger charge is 2.38. The third-order valence-electron chi connectivity index (χ3n) is 3.80. The van der Waals surface area contributed by atoms with Crippen molar-refractivity contribution < 1.29 is 60.8 Å². The molecule has 3 atom stereocenters. The van der Waals surface area contributed by atoms with E-state index in [1.165, 1.54) is 0 Å². The molecule has 0 aromatic rings. The van der Waals surface area contributed by atoms with Gasteiger partial charge in [-0.3, -0.25) is 9.59 Å². The largest absolute Gasteiger partial charge is 0.490 e. The lowest BCUT2D eigenvalue weighted by atomic mass is 10.1. The van der Waals surface area contributed by atoms with Gasteiger partial charge in [-0.15, -0.1) is 0 Å². The average molecular weight is 558 g/mol. The maximum atomic E-state index is 11.9. The zero-order valence-corrected chi connectivity index (χ0v) is 18.5. The van der Waals surface area contributed by atoms with Crippen LogP contribution in [0.15, 0.2) is 4.99 Å². The van der Waals surface area contributed by atoms with Crippen molar-refractivity contribution in [1.82, 2.24) is 16.1 Å². The Hall–Kier alpha value is -3.95. The highest BCUT2D eigenvalue weighted by molar-refractivity contribution is 5.83. The second-order valence-electron chi connectivity index (χ2n) is 6.79. The summed E-state index contributed by atoms with van der Waals surface area (Å²) in [7, 11) is 0. The van der Waals surface area contributed by atoms with Crippen molar-refractivity contribution in [2.75, 3.05) is 13.1 Å². The molecule has 1 heterocycles. The number of amides is 2. The van der Waals surface area contributed by atoms with Crippen molar-refractivity contribution in [3.8, 4) is 0 Å². The van der Waals surface area contributed by atoms with E-state index in [4.69, 9.17) is 37.0 Å². The minimum absolute atomic E-state index is 0.191. The maximum absolute atomic E-state index is 11.9. The van der Waals surface area contributed by atoms with Gasteiger partial charge >= 0.3 is 24.3 Å². The van der Waals surface area contributed by atoms with Crippen LogP contribution >= 0.6 is 0 Å². The number of nitro groups is 1. The minimum Gasteiger partial charge on any atom is -0.475 e. The molecule has 0 bridgehead atoms. The molecule has 0 spiro atoms. The highest BCUT2D eigenvalue weighted by atomic mass is 19.4. The summed E-state index contributed by atoms with van der Waals surface area (Å²) in [5, 5.41) is 29.2. The molecule has 0 saturated carbocycles. The number of hydrogen-bond acceptors (Lipinski definition) is 9. The van der Waals surface area contributed by atoms with E-state index in [1.54, 1.807) is 5.43 Å². The van der Waals surface area contributed by atoms with Crippen LogP contribution in [-0.4, -0.2) is 88.5 Å². The molecule has 22 heteroatoms. The van der Waals surface area contributed by atoms with Crippen molar-refractivity contribution in [2.45, 2.75) is 49.7 Å². The smallest absolute Gasteiger partial charge is 0.475 e. The van der Waals surface area contributed by atoms with Crippen LogP contribution in [0.2, 0.25) is 0 Å². The molecule has 1 aliphatic heterocycles. The summed E-state index contributed by atoms with van der Waals surface area (Å²) in [6.45, 7) is 0.668. The summed E-state index contributed by atoms with van der Waals surface area (Å²) >= 11 is 0. The Labute approximate surface area is 202 Å². The summed E-state index contributed by atoms with van der Waals surface area (Å²) in [5.41, 5.74) is 17.9. The van der Waals surface area contributed by atoms with Crippen LogP contribution in [-0.2, 0) is 19.2 Å². The number of nitrogens with zero attached hydrogens (tertiary/aromatic N) is 2. The van der Waals surface area contributed by atoms with Crippen molar-refractivity contribution in [3.05, 3.63) is 10.1 Å². The predicted molar refractivity (Wildman–Crippen MR) is 109 cm³/mol. The first kappa shape index (κ1) is 35.2. The van der Waals surface area contributed by atoms with Gasteiger partial charge in [0.1, 0.15) is 0 Å². The molecule has 1 fully saturated rings. The summed E-state index contributed by atoms with van der Waals surface area (Å²) < 4.78 is 63.5. The molecule has 1 saturated heterocycles. The molecule has 0 aliphatic carbocycles. The van der Waals surface area contributed by atoms with E-state index in [2.05, 4.69) is 15.6 Å². The van der Waals surface area contributed by atoms with Crippen LogP contribution in [0.1, 0.15) is 19.3 Å². The number of alkyl halides is 6. The number of nitrogens with one attached hydrogen (secondary N) is 3. The summed E-state index contributed by atoms with van der Waals surface area (Å²) in [6, 6.07) is -1.37. The van der Waals surface area contributed by atoms with Crippen LogP contribution in [0.25, 0.3) is 0 Å². The van der Waals surface area contributed by atoms with Gasteiger partial charge in [0.2, 0.25) is 11.8 Å². The first-order valence-corrected chi connectivity index (χ1v) is 9.58. The van der Waals surface area contributed by atoms with E-state index in [0.717, 1.165) is 0 Å². The molecule has 0 unspecified atom stereocenters. The highest BCUT2D eigenvalue weighted by Crippen LogP contribution is 2.13. The summed E-state index contributed by atoms with van der Waals surface area (Å²) in [6.07, 6.45) is -8.94.